The molecule has 6 nitrogen and oxygen atoms in total. The van der Waals surface area contributed by atoms with Crippen LogP contribution >= 0.6 is 11.3 Å². The van der Waals surface area contributed by atoms with E-state index in [2.05, 4.69) is 9.88 Å². The average molecular weight is 467 g/mol. The number of fused-ring (bicyclic) bond motifs is 1. The maximum absolute atomic E-state index is 13.5. The van der Waals surface area contributed by atoms with Gasteiger partial charge in [0.1, 0.15) is 17.2 Å². The lowest BCUT2D eigenvalue weighted by molar-refractivity contribution is 0.0595. The number of nitrogens with zero attached hydrogens (tertiary/aromatic N) is 4. The number of rotatable bonds is 4. The zero-order valence-corrected chi connectivity index (χ0v) is 18.3. The van der Waals surface area contributed by atoms with Crippen LogP contribution in [0.3, 0.4) is 0 Å². The molecule has 4 aromatic rings. The van der Waals surface area contributed by atoms with E-state index in [-0.39, 0.29) is 34.7 Å². The van der Waals surface area contributed by atoms with Crippen molar-refractivity contribution in [1.82, 2.24) is 19.2 Å². The van der Waals surface area contributed by atoms with E-state index in [1.54, 1.807) is 40.7 Å². The molecule has 0 atom stereocenters. The predicted octanol–water partition coefficient (Wildman–Crippen LogP) is 3.58. The number of thiazole rings is 1. The van der Waals surface area contributed by atoms with Gasteiger partial charge in [-0.25, -0.2) is 13.8 Å². The lowest BCUT2D eigenvalue weighted by Crippen LogP contribution is -2.50. The highest BCUT2D eigenvalue weighted by molar-refractivity contribution is 7.15. The molecule has 0 spiro atoms. The Labute approximate surface area is 192 Å². The number of piperazine rings is 1. The van der Waals surface area contributed by atoms with E-state index in [4.69, 9.17) is 0 Å². The Morgan fingerprint density at radius 2 is 1.48 bits per heavy atom. The second kappa shape index (κ2) is 8.84. The van der Waals surface area contributed by atoms with Gasteiger partial charge in [-0.1, -0.05) is 24.3 Å². The van der Waals surface area contributed by atoms with Crippen molar-refractivity contribution < 1.29 is 13.6 Å². The highest BCUT2D eigenvalue weighted by atomic mass is 32.1. The summed E-state index contributed by atoms with van der Waals surface area (Å²) in [6.07, 6.45) is 2.96. The molecule has 1 aliphatic rings. The molecule has 168 valence electrons. The average Bonchev–Trinajstić information content (AvgIpc) is 3.32. The van der Waals surface area contributed by atoms with Crippen LogP contribution in [0.4, 0.5) is 8.78 Å². The first-order valence-corrected chi connectivity index (χ1v) is 11.4. The summed E-state index contributed by atoms with van der Waals surface area (Å²) in [6, 6.07) is 12.3. The number of benzene rings is 2. The van der Waals surface area contributed by atoms with E-state index in [1.165, 1.54) is 46.2 Å². The molecule has 0 aliphatic carbocycles. The third-order valence-corrected chi connectivity index (χ3v) is 6.68. The zero-order chi connectivity index (χ0) is 22.9. The number of halogens is 2. The minimum atomic E-state index is -0.371. The lowest BCUT2D eigenvalue weighted by Gasteiger charge is -2.39. The molecular formula is C24H20F2N4O2S. The molecule has 1 fully saturated rings. The Bertz CT molecular complexity index is 1300. The largest absolute Gasteiger partial charge is 0.336 e. The summed E-state index contributed by atoms with van der Waals surface area (Å²) in [7, 11) is 0. The number of hydrogen-bond acceptors (Lipinski definition) is 5. The third kappa shape index (κ3) is 4.17. The van der Waals surface area contributed by atoms with E-state index >= 15 is 0 Å². The van der Waals surface area contributed by atoms with Gasteiger partial charge in [-0.15, -0.1) is 11.3 Å². The molecular weight excluding hydrogens is 446 g/mol. The Balaban J connectivity index is 1.37. The SMILES string of the molecule is O=C(c1cnc2sccn2c1=O)N1CCN(C(c2ccc(F)cc2)c2ccc(F)cc2)CC1. The first kappa shape index (κ1) is 21.4. The monoisotopic (exact) mass is 466 g/mol. The molecule has 2 aromatic carbocycles. The van der Waals surface area contributed by atoms with Crippen LogP contribution in [0.5, 0.6) is 0 Å². The molecule has 0 radical (unpaired) electrons. The van der Waals surface area contributed by atoms with Gasteiger partial charge in [-0.2, -0.15) is 0 Å². The van der Waals surface area contributed by atoms with Crippen molar-refractivity contribution in [3.05, 3.63) is 105 Å². The normalized spacial score (nSPS) is 14.8. The van der Waals surface area contributed by atoms with Crippen molar-refractivity contribution in [2.24, 2.45) is 0 Å². The predicted molar refractivity (Wildman–Crippen MR) is 121 cm³/mol. The summed E-state index contributed by atoms with van der Waals surface area (Å²) in [6.45, 7) is 1.92. The van der Waals surface area contributed by atoms with E-state index in [1.807, 2.05) is 0 Å². The molecule has 0 N–H and O–H groups in total. The molecule has 0 unspecified atom stereocenters. The first-order chi connectivity index (χ1) is 16.0. The quantitative estimate of drug-likeness (QED) is 0.461. The first-order valence-electron chi connectivity index (χ1n) is 10.5. The molecule has 33 heavy (non-hydrogen) atoms. The van der Waals surface area contributed by atoms with Crippen molar-refractivity contribution in [2.75, 3.05) is 26.2 Å². The van der Waals surface area contributed by atoms with Crippen molar-refractivity contribution in [3.8, 4) is 0 Å². The molecule has 3 heterocycles. The van der Waals surface area contributed by atoms with Crippen LogP contribution in [-0.4, -0.2) is 51.3 Å². The van der Waals surface area contributed by atoms with Crippen molar-refractivity contribution >= 4 is 22.2 Å². The highest BCUT2D eigenvalue weighted by Crippen LogP contribution is 2.30. The highest BCUT2D eigenvalue weighted by Gasteiger charge is 2.30. The second-order valence-electron chi connectivity index (χ2n) is 7.87. The van der Waals surface area contributed by atoms with Crippen LogP contribution < -0.4 is 5.56 Å². The fourth-order valence-corrected chi connectivity index (χ4v) is 4.90. The Morgan fingerprint density at radius 1 is 0.909 bits per heavy atom. The van der Waals surface area contributed by atoms with Gasteiger partial charge in [-0.3, -0.25) is 18.9 Å². The van der Waals surface area contributed by atoms with Crippen LogP contribution in [0.2, 0.25) is 0 Å². The minimum Gasteiger partial charge on any atom is -0.336 e. The summed E-state index contributed by atoms with van der Waals surface area (Å²) in [5.41, 5.74) is 1.44. The number of amides is 1. The number of carbonyl (C=O) groups excluding carboxylic acids is 1. The Kier molecular flexibility index (Phi) is 5.74. The molecule has 0 bridgehead atoms. The molecule has 1 aliphatic heterocycles. The summed E-state index contributed by atoms with van der Waals surface area (Å²) < 4.78 is 28.4. The molecule has 1 saturated heterocycles. The van der Waals surface area contributed by atoms with Crippen LogP contribution in [0.15, 0.2) is 71.1 Å². The van der Waals surface area contributed by atoms with Crippen LogP contribution in [0, 0.1) is 11.6 Å². The molecule has 1 amide bonds. The fourth-order valence-electron chi connectivity index (χ4n) is 4.23. The second-order valence-corrected chi connectivity index (χ2v) is 8.74. The topological polar surface area (TPSA) is 57.9 Å². The summed E-state index contributed by atoms with van der Waals surface area (Å²) in [4.78, 5) is 34.3. The molecule has 9 heteroatoms. The minimum absolute atomic E-state index is 0.0490. The standard InChI is InChI=1S/C24H20F2N4O2S/c25-18-5-1-16(2-6-18)21(17-3-7-19(26)8-4-17)28-9-11-29(12-10-28)22(31)20-15-27-24-30(23(20)32)13-14-33-24/h1-8,13-15,21H,9-12H2. The van der Waals surface area contributed by atoms with E-state index < -0.39 is 0 Å². The van der Waals surface area contributed by atoms with E-state index in [0.29, 0.717) is 31.1 Å². The summed E-state index contributed by atoms with van der Waals surface area (Å²) >= 11 is 1.33. The van der Waals surface area contributed by atoms with Crippen LogP contribution in [-0.2, 0) is 0 Å². The van der Waals surface area contributed by atoms with E-state index in [0.717, 1.165) is 11.1 Å². The van der Waals surface area contributed by atoms with Crippen molar-refractivity contribution in [1.29, 1.82) is 0 Å². The fraction of sp³-hybridized carbons (Fsp3) is 0.208. The summed E-state index contributed by atoms with van der Waals surface area (Å²) in [5.74, 6) is -0.989. The number of hydrogen-bond donors (Lipinski definition) is 0. The zero-order valence-electron chi connectivity index (χ0n) is 17.5. The number of carbonyl (C=O) groups is 1. The van der Waals surface area contributed by atoms with Crippen LogP contribution in [0.1, 0.15) is 27.5 Å². The third-order valence-electron chi connectivity index (χ3n) is 5.91. The van der Waals surface area contributed by atoms with Crippen LogP contribution in [0.25, 0.3) is 4.96 Å². The molecule has 0 saturated carbocycles. The van der Waals surface area contributed by atoms with E-state index in [9.17, 15) is 18.4 Å². The van der Waals surface area contributed by atoms with Gasteiger partial charge in [0.15, 0.2) is 4.96 Å². The van der Waals surface area contributed by atoms with Crippen molar-refractivity contribution in [3.63, 3.8) is 0 Å². The Morgan fingerprint density at radius 3 is 2.06 bits per heavy atom. The Hall–Kier alpha value is -3.43. The molecule has 2 aromatic heterocycles. The maximum atomic E-state index is 13.5. The van der Waals surface area contributed by atoms with Gasteiger partial charge in [-0.05, 0) is 35.4 Å². The number of aromatic nitrogens is 2. The van der Waals surface area contributed by atoms with Gasteiger partial charge >= 0.3 is 0 Å². The lowest BCUT2D eigenvalue weighted by atomic mass is 9.96. The summed E-state index contributed by atoms with van der Waals surface area (Å²) in [5, 5.41) is 1.75. The van der Waals surface area contributed by atoms with Gasteiger partial charge in [0, 0.05) is 44.0 Å². The molecule has 5 rings (SSSR count). The van der Waals surface area contributed by atoms with Gasteiger partial charge in [0.05, 0.1) is 6.04 Å². The van der Waals surface area contributed by atoms with Gasteiger partial charge in [0.25, 0.3) is 11.5 Å². The van der Waals surface area contributed by atoms with Gasteiger partial charge in [0.2, 0.25) is 0 Å². The van der Waals surface area contributed by atoms with Gasteiger partial charge < -0.3 is 4.90 Å². The smallest absolute Gasteiger partial charge is 0.271 e. The maximum Gasteiger partial charge on any atom is 0.271 e. The van der Waals surface area contributed by atoms with Crippen molar-refractivity contribution in [2.45, 2.75) is 6.04 Å².